The minimum atomic E-state index is -0.687. The van der Waals surface area contributed by atoms with E-state index in [1.807, 2.05) is 19.2 Å². The number of imide groups is 1. The highest BCUT2D eigenvalue weighted by molar-refractivity contribution is 5.96. The average Bonchev–Trinajstić information content (AvgIpc) is 2.50. The zero-order valence-electron chi connectivity index (χ0n) is 13.8. The van der Waals surface area contributed by atoms with E-state index in [1.165, 1.54) is 19.1 Å². The first-order chi connectivity index (χ1) is 11.3. The molecule has 0 aromatic heterocycles. The average molecular weight is 335 g/mol. The van der Waals surface area contributed by atoms with E-state index >= 15 is 0 Å². The van der Waals surface area contributed by atoms with Crippen molar-refractivity contribution in [1.29, 1.82) is 0 Å². The maximum absolute atomic E-state index is 11.8. The maximum Gasteiger partial charge on any atom is 0.338 e. The molecule has 8 heteroatoms. The molecular weight excluding hydrogens is 314 g/mol. The van der Waals surface area contributed by atoms with Gasteiger partial charge < -0.3 is 15.4 Å². The molecule has 4 amide bonds. The van der Waals surface area contributed by atoms with E-state index in [9.17, 15) is 19.2 Å². The van der Waals surface area contributed by atoms with Crippen LogP contribution in [0.15, 0.2) is 24.3 Å². The van der Waals surface area contributed by atoms with Gasteiger partial charge >= 0.3 is 12.0 Å². The van der Waals surface area contributed by atoms with E-state index in [1.54, 1.807) is 12.1 Å². The van der Waals surface area contributed by atoms with Crippen molar-refractivity contribution in [3.05, 3.63) is 35.4 Å². The number of nitrogens with one attached hydrogen (secondary N) is 3. The van der Waals surface area contributed by atoms with Gasteiger partial charge in [0.25, 0.3) is 5.91 Å². The Morgan fingerprint density at radius 2 is 1.71 bits per heavy atom. The fourth-order valence-corrected chi connectivity index (χ4v) is 1.70. The van der Waals surface area contributed by atoms with E-state index in [2.05, 4.69) is 10.6 Å². The lowest BCUT2D eigenvalue weighted by atomic mass is 10.1. The third-order valence-corrected chi connectivity index (χ3v) is 2.71. The molecule has 0 spiro atoms. The number of esters is 1. The summed E-state index contributed by atoms with van der Waals surface area (Å²) in [5, 5.41) is 7.38. The Hall–Kier alpha value is -2.90. The lowest BCUT2D eigenvalue weighted by Crippen LogP contribution is -2.39. The van der Waals surface area contributed by atoms with Crippen LogP contribution in [0.5, 0.6) is 0 Å². The van der Waals surface area contributed by atoms with Gasteiger partial charge in [0.05, 0.1) is 5.56 Å². The fraction of sp³-hybridized carbons (Fsp3) is 0.375. The van der Waals surface area contributed by atoms with Crippen LogP contribution in [0.25, 0.3) is 0 Å². The summed E-state index contributed by atoms with van der Waals surface area (Å²) in [6, 6.07) is 6.17. The predicted molar refractivity (Wildman–Crippen MR) is 86.1 cm³/mol. The second-order valence-corrected chi connectivity index (χ2v) is 5.36. The number of benzene rings is 1. The minimum Gasteiger partial charge on any atom is -0.452 e. The van der Waals surface area contributed by atoms with Crippen molar-refractivity contribution in [2.45, 2.75) is 33.4 Å². The van der Waals surface area contributed by atoms with Crippen LogP contribution in [0, 0.1) is 0 Å². The Kier molecular flexibility index (Phi) is 7.41. The van der Waals surface area contributed by atoms with Gasteiger partial charge in [-0.25, -0.2) is 9.59 Å². The molecule has 0 saturated carbocycles. The standard InChI is InChI=1S/C16H21N3O5/c1-10(2)18-16(23)17-8-12-4-6-13(7-5-12)15(22)24-9-14(21)19-11(3)20/h4-7,10H,8-9H2,1-3H3,(H2,17,18,23)(H,19,20,21). The van der Waals surface area contributed by atoms with Crippen molar-refractivity contribution >= 4 is 23.8 Å². The van der Waals surface area contributed by atoms with E-state index in [-0.39, 0.29) is 17.6 Å². The zero-order chi connectivity index (χ0) is 18.1. The fourth-order valence-electron chi connectivity index (χ4n) is 1.70. The number of urea groups is 1. The molecule has 1 rings (SSSR count). The first-order valence-corrected chi connectivity index (χ1v) is 7.38. The Balaban J connectivity index is 2.46. The van der Waals surface area contributed by atoms with Crippen LogP contribution in [-0.4, -0.2) is 36.5 Å². The molecule has 8 nitrogen and oxygen atoms in total. The Labute approximate surface area is 139 Å². The molecule has 0 aliphatic carbocycles. The van der Waals surface area contributed by atoms with Crippen molar-refractivity contribution in [3.8, 4) is 0 Å². The van der Waals surface area contributed by atoms with E-state index in [4.69, 9.17) is 4.74 Å². The summed E-state index contributed by atoms with van der Waals surface area (Å²) >= 11 is 0. The van der Waals surface area contributed by atoms with Crippen LogP contribution in [0.3, 0.4) is 0 Å². The Bertz CT molecular complexity index is 611. The minimum absolute atomic E-state index is 0.0438. The smallest absolute Gasteiger partial charge is 0.338 e. The van der Waals surface area contributed by atoms with E-state index in [0.29, 0.717) is 6.54 Å². The molecule has 0 aliphatic heterocycles. The summed E-state index contributed by atoms with van der Waals surface area (Å²) in [6.45, 7) is 4.69. The van der Waals surface area contributed by atoms with Crippen LogP contribution < -0.4 is 16.0 Å². The van der Waals surface area contributed by atoms with Gasteiger partial charge in [0, 0.05) is 19.5 Å². The third-order valence-electron chi connectivity index (χ3n) is 2.71. The van der Waals surface area contributed by atoms with Gasteiger partial charge in [-0.15, -0.1) is 0 Å². The number of ether oxygens (including phenoxy) is 1. The molecule has 24 heavy (non-hydrogen) atoms. The molecule has 0 bridgehead atoms. The Morgan fingerprint density at radius 1 is 1.08 bits per heavy atom. The number of carbonyl (C=O) groups is 4. The van der Waals surface area contributed by atoms with E-state index in [0.717, 1.165) is 5.56 Å². The van der Waals surface area contributed by atoms with Crippen LogP contribution >= 0.6 is 0 Å². The molecule has 1 aromatic rings. The van der Waals surface area contributed by atoms with Crippen molar-refractivity contribution < 1.29 is 23.9 Å². The van der Waals surface area contributed by atoms with Crippen LogP contribution in [0.4, 0.5) is 4.79 Å². The lowest BCUT2D eigenvalue weighted by molar-refractivity contribution is -0.131. The number of carbonyl (C=O) groups excluding carboxylic acids is 4. The number of amides is 4. The second kappa shape index (κ2) is 9.29. The van der Waals surface area contributed by atoms with E-state index < -0.39 is 24.4 Å². The van der Waals surface area contributed by atoms with Crippen LogP contribution in [-0.2, 0) is 20.9 Å². The van der Waals surface area contributed by atoms with Crippen molar-refractivity contribution in [2.24, 2.45) is 0 Å². The SMILES string of the molecule is CC(=O)NC(=O)COC(=O)c1ccc(CNC(=O)NC(C)C)cc1. The highest BCUT2D eigenvalue weighted by Gasteiger charge is 2.11. The summed E-state index contributed by atoms with van der Waals surface area (Å²) < 4.78 is 4.79. The maximum atomic E-state index is 11.8. The second-order valence-electron chi connectivity index (χ2n) is 5.36. The largest absolute Gasteiger partial charge is 0.452 e. The molecule has 3 N–H and O–H groups in total. The summed E-state index contributed by atoms with van der Waals surface area (Å²) in [5.41, 5.74) is 1.07. The molecule has 0 radical (unpaired) electrons. The lowest BCUT2D eigenvalue weighted by Gasteiger charge is -2.10. The normalized spacial score (nSPS) is 10.0. The van der Waals surface area contributed by atoms with Crippen molar-refractivity contribution in [3.63, 3.8) is 0 Å². The summed E-state index contributed by atoms with van der Waals surface area (Å²) in [7, 11) is 0. The van der Waals surface area contributed by atoms with Gasteiger partial charge in [-0.05, 0) is 31.5 Å². The molecule has 0 heterocycles. The van der Waals surface area contributed by atoms with Crippen LogP contribution in [0.1, 0.15) is 36.7 Å². The van der Waals surface area contributed by atoms with Crippen molar-refractivity contribution in [2.75, 3.05) is 6.61 Å². The first-order valence-electron chi connectivity index (χ1n) is 7.38. The molecule has 130 valence electrons. The highest BCUT2D eigenvalue weighted by Crippen LogP contribution is 2.06. The zero-order valence-corrected chi connectivity index (χ0v) is 13.8. The molecule has 1 aromatic carbocycles. The number of hydrogen-bond acceptors (Lipinski definition) is 5. The number of rotatable bonds is 6. The number of hydrogen-bond donors (Lipinski definition) is 3. The topological polar surface area (TPSA) is 114 Å². The van der Waals surface area contributed by atoms with Gasteiger partial charge in [-0.3, -0.25) is 14.9 Å². The van der Waals surface area contributed by atoms with Gasteiger partial charge in [0.2, 0.25) is 5.91 Å². The van der Waals surface area contributed by atoms with Crippen molar-refractivity contribution in [1.82, 2.24) is 16.0 Å². The third kappa shape index (κ3) is 7.39. The van der Waals surface area contributed by atoms with Gasteiger partial charge in [-0.2, -0.15) is 0 Å². The van der Waals surface area contributed by atoms with Gasteiger partial charge in [0.1, 0.15) is 0 Å². The molecule has 0 fully saturated rings. The first kappa shape index (κ1) is 19.1. The molecule has 0 unspecified atom stereocenters. The molecule has 0 atom stereocenters. The van der Waals surface area contributed by atoms with Gasteiger partial charge in [0.15, 0.2) is 6.61 Å². The quantitative estimate of drug-likeness (QED) is 0.663. The molecular formula is C16H21N3O5. The molecule has 0 aliphatic rings. The monoisotopic (exact) mass is 335 g/mol. The summed E-state index contributed by atoms with van der Waals surface area (Å²) in [4.78, 5) is 45.1. The van der Waals surface area contributed by atoms with Crippen LogP contribution in [0.2, 0.25) is 0 Å². The van der Waals surface area contributed by atoms with Gasteiger partial charge in [-0.1, -0.05) is 12.1 Å². The molecule has 0 saturated heterocycles. The highest BCUT2D eigenvalue weighted by atomic mass is 16.5. The Morgan fingerprint density at radius 3 is 2.25 bits per heavy atom. The summed E-state index contributed by atoms with van der Waals surface area (Å²) in [6.07, 6.45) is 0. The summed E-state index contributed by atoms with van der Waals surface area (Å²) in [5.74, 6) is -1.88. The predicted octanol–water partition coefficient (Wildman–Crippen LogP) is 0.714.